The molecule has 1 aliphatic carbocycles. The number of carboxylic acid groups (broad SMARTS) is 1. The Morgan fingerprint density at radius 1 is 1.50 bits per heavy atom. The summed E-state index contributed by atoms with van der Waals surface area (Å²) < 4.78 is 4.67. The first-order valence-electron chi connectivity index (χ1n) is 5.81. The summed E-state index contributed by atoms with van der Waals surface area (Å²) in [6.45, 7) is 1.88. The fourth-order valence-electron chi connectivity index (χ4n) is 1.51. The van der Waals surface area contributed by atoms with Crippen LogP contribution in [-0.4, -0.2) is 29.8 Å². The van der Waals surface area contributed by atoms with Gasteiger partial charge in [0.1, 0.15) is 6.04 Å². The van der Waals surface area contributed by atoms with Gasteiger partial charge in [0.05, 0.1) is 6.61 Å². The van der Waals surface area contributed by atoms with Crippen LogP contribution in [0.15, 0.2) is 36.0 Å². The molecule has 0 spiro atoms. The van der Waals surface area contributed by atoms with E-state index in [1.165, 1.54) is 0 Å². The van der Waals surface area contributed by atoms with Crippen molar-refractivity contribution in [1.82, 2.24) is 5.32 Å². The first-order chi connectivity index (χ1) is 8.63. The molecule has 0 aliphatic heterocycles. The smallest absolute Gasteiger partial charge is 0.407 e. The Morgan fingerprint density at radius 2 is 2.28 bits per heavy atom. The third kappa shape index (κ3) is 4.86. The molecule has 0 aromatic carbocycles. The second-order valence-corrected chi connectivity index (χ2v) is 3.77. The zero-order chi connectivity index (χ0) is 13.4. The molecule has 0 bridgehead atoms. The number of amides is 1. The number of alkyl carbamates (subject to hydrolysis) is 1. The van der Waals surface area contributed by atoms with Crippen molar-refractivity contribution in [2.45, 2.75) is 25.8 Å². The quantitative estimate of drug-likeness (QED) is 0.783. The van der Waals surface area contributed by atoms with E-state index in [1.807, 2.05) is 30.4 Å². The van der Waals surface area contributed by atoms with Crippen LogP contribution in [0.3, 0.4) is 0 Å². The highest BCUT2D eigenvalue weighted by atomic mass is 16.5. The van der Waals surface area contributed by atoms with Crippen molar-refractivity contribution < 1.29 is 19.4 Å². The van der Waals surface area contributed by atoms with Crippen molar-refractivity contribution in [2.24, 2.45) is 0 Å². The molecule has 0 aromatic rings. The number of nitrogens with one attached hydrogen (secondary N) is 1. The minimum Gasteiger partial charge on any atom is -0.480 e. The van der Waals surface area contributed by atoms with Gasteiger partial charge in [-0.15, -0.1) is 0 Å². The lowest BCUT2D eigenvalue weighted by atomic mass is 10.1. The molecule has 1 amide bonds. The number of carboxylic acids is 1. The van der Waals surface area contributed by atoms with E-state index in [1.54, 1.807) is 6.92 Å². The van der Waals surface area contributed by atoms with E-state index in [-0.39, 0.29) is 13.0 Å². The van der Waals surface area contributed by atoms with Crippen LogP contribution in [0.2, 0.25) is 0 Å². The molecule has 1 atom stereocenters. The van der Waals surface area contributed by atoms with Crippen molar-refractivity contribution in [3.05, 3.63) is 36.0 Å². The molecule has 0 fully saturated rings. The number of rotatable bonds is 5. The standard InChI is InChI=1S/C13H17NO4/c1-2-18-13(17)14-11(12(15)16)9-10-7-5-3-4-6-8-10/h3,5-8,11H,2,4,9H2,1H3,(H,14,17)(H,15,16). The maximum atomic E-state index is 11.2. The maximum Gasteiger partial charge on any atom is 0.407 e. The van der Waals surface area contributed by atoms with E-state index in [0.29, 0.717) is 0 Å². The first-order valence-corrected chi connectivity index (χ1v) is 5.81. The number of aliphatic carboxylic acids is 1. The number of hydrogen-bond donors (Lipinski definition) is 2. The summed E-state index contributed by atoms with van der Waals surface area (Å²) in [5.41, 5.74) is 0.855. The minimum absolute atomic E-state index is 0.212. The molecule has 0 saturated carbocycles. The Balaban J connectivity index is 2.62. The molecule has 0 saturated heterocycles. The normalized spacial score (nSPS) is 15.5. The highest BCUT2D eigenvalue weighted by molar-refractivity contribution is 5.80. The maximum absolute atomic E-state index is 11.2. The van der Waals surface area contributed by atoms with Crippen LogP contribution in [0.25, 0.3) is 0 Å². The third-order valence-electron chi connectivity index (χ3n) is 2.36. The molecule has 1 rings (SSSR count). The van der Waals surface area contributed by atoms with Gasteiger partial charge in [-0.2, -0.15) is 0 Å². The van der Waals surface area contributed by atoms with Gasteiger partial charge in [0.2, 0.25) is 0 Å². The number of ether oxygens (including phenoxy) is 1. The van der Waals surface area contributed by atoms with Gasteiger partial charge in [0, 0.05) is 6.42 Å². The van der Waals surface area contributed by atoms with Crippen LogP contribution in [0, 0.1) is 0 Å². The van der Waals surface area contributed by atoms with E-state index >= 15 is 0 Å². The highest BCUT2D eigenvalue weighted by Gasteiger charge is 2.21. The van der Waals surface area contributed by atoms with Gasteiger partial charge >= 0.3 is 12.1 Å². The van der Waals surface area contributed by atoms with Crippen LogP contribution in [0.1, 0.15) is 19.8 Å². The Kier molecular flexibility index (Phi) is 5.70. The van der Waals surface area contributed by atoms with E-state index in [9.17, 15) is 9.59 Å². The van der Waals surface area contributed by atoms with Gasteiger partial charge in [-0.25, -0.2) is 9.59 Å². The van der Waals surface area contributed by atoms with Crippen molar-refractivity contribution in [2.75, 3.05) is 6.61 Å². The summed E-state index contributed by atoms with van der Waals surface area (Å²) in [5, 5.41) is 11.4. The molecule has 18 heavy (non-hydrogen) atoms. The molecule has 0 aromatic heterocycles. The van der Waals surface area contributed by atoms with Crippen LogP contribution in [-0.2, 0) is 9.53 Å². The van der Waals surface area contributed by atoms with Crippen molar-refractivity contribution in [1.29, 1.82) is 0 Å². The molecule has 1 unspecified atom stereocenters. The monoisotopic (exact) mass is 251 g/mol. The zero-order valence-electron chi connectivity index (χ0n) is 10.3. The topological polar surface area (TPSA) is 75.6 Å². The highest BCUT2D eigenvalue weighted by Crippen LogP contribution is 2.12. The molecule has 0 heterocycles. The van der Waals surface area contributed by atoms with Crippen LogP contribution in [0.4, 0.5) is 4.79 Å². The molecule has 5 nitrogen and oxygen atoms in total. The molecular formula is C13H17NO4. The molecule has 1 aliphatic rings. The first kappa shape index (κ1) is 14.0. The van der Waals surface area contributed by atoms with E-state index in [0.717, 1.165) is 12.0 Å². The average molecular weight is 251 g/mol. The van der Waals surface area contributed by atoms with Gasteiger partial charge in [0.25, 0.3) is 0 Å². The fraction of sp³-hybridized carbons (Fsp3) is 0.385. The zero-order valence-corrected chi connectivity index (χ0v) is 10.3. The Labute approximate surface area is 106 Å². The largest absolute Gasteiger partial charge is 0.480 e. The van der Waals surface area contributed by atoms with E-state index < -0.39 is 18.1 Å². The summed E-state index contributed by atoms with van der Waals surface area (Å²) in [6, 6.07) is -0.980. The molecule has 98 valence electrons. The van der Waals surface area contributed by atoms with Crippen molar-refractivity contribution in [3.63, 3.8) is 0 Å². The average Bonchev–Trinajstić information content (AvgIpc) is 2.57. The second-order valence-electron chi connectivity index (χ2n) is 3.77. The number of hydrogen-bond acceptors (Lipinski definition) is 3. The van der Waals surface area contributed by atoms with E-state index in [4.69, 9.17) is 5.11 Å². The number of allylic oxidation sites excluding steroid dienone is 5. The lowest BCUT2D eigenvalue weighted by molar-refractivity contribution is -0.139. The van der Waals surface area contributed by atoms with Crippen molar-refractivity contribution in [3.8, 4) is 0 Å². The third-order valence-corrected chi connectivity index (χ3v) is 2.36. The lowest BCUT2D eigenvalue weighted by Gasteiger charge is -2.14. The summed E-state index contributed by atoms with van der Waals surface area (Å²) in [6.07, 6.45) is 9.83. The number of carbonyl (C=O) groups excluding carboxylic acids is 1. The molecule has 5 heteroatoms. The fourth-order valence-corrected chi connectivity index (χ4v) is 1.51. The Bertz CT molecular complexity index is 396. The SMILES string of the molecule is CCOC(=O)NC(CC1=CC=CCC=C1)C(=O)O. The predicted molar refractivity (Wildman–Crippen MR) is 67.2 cm³/mol. The predicted octanol–water partition coefficient (Wildman–Crippen LogP) is 2.02. The number of carbonyl (C=O) groups is 2. The Morgan fingerprint density at radius 3 is 2.94 bits per heavy atom. The second kappa shape index (κ2) is 7.32. The molecule has 2 N–H and O–H groups in total. The Hall–Kier alpha value is -2.04. The van der Waals surface area contributed by atoms with Gasteiger partial charge in [-0.3, -0.25) is 0 Å². The van der Waals surface area contributed by atoms with Gasteiger partial charge in [-0.05, 0) is 18.9 Å². The van der Waals surface area contributed by atoms with Crippen LogP contribution >= 0.6 is 0 Å². The summed E-state index contributed by atoms with van der Waals surface area (Å²) in [5.74, 6) is -1.08. The molecule has 0 radical (unpaired) electrons. The van der Waals surface area contributed by atoms with Crippen LogP contribution in [0.5, 0.6) is 0 Å². The minimum atomic E-state index is -1.08. The summed E-state index contributed by atoms with van der Waals surface area (Å²) in [4.78, 5) is 22.3. The van der Waals surface area contributed by atoms with Crippen LogP contribution < -0.4 is 5.32 Å². The van der Waals surface area contributed by atoms with Gasteiger partial charge in [0.15, 0.2) is 0 Å². The van der Waals surface area contributed by atoms with Crippen molar-refractivity contribution >= 4 is 12.1 Å². The lowest BCUT2D eigenvalue weighted by Crippen LogP contribution is -2.41. The van der Waals surface area contributed by atoms with Gasteiger partial charge < -0.3 is 15.2 Å². The van der Waals surface area contributed by atoms with Gasteiger partial charge in [-0.1, -0.05) is 30.4 Å². The van der Waals surface area contributed by atoms with E-state index in [2.05, 4.69) is 10.1 Å². The summed E-state index contributed by atoms with van der Waals surface area (Å²) >= 11 is 0. The molecular weight excluding hydrogens is 234 g/mol. The summed E-state index contributed by atoms with van der Waals surface area (Å²) in [7, 11) is 0.